The van der Waals surface area contributed by atoms with Gasteiger partial charge >= 0.3 is 0 Å². The van der Waals surface area contributed by atoms with E-state index >= 15 is 0 Å². The molecule has 1 saturated heterocycles. The first-order valence-electron chi connectivity index (χ1n) is 6.25. The van der Waals surface area contributed by atoms with Gasteiger partial charge in [-0.05, 0) is 52.3 Å². The molecule has 1 amide bonds. The fraction of sp³-hybridized carbons (Fsp3) is 0.0667. The second-order valence-electron chi connectivity index (χ2n) is 4.53. The van der Waals surface area contributed by atoms with Crippen LogP contribution >= 0.6 is 35.2 Å². The Bertz CT molecular complexity index is 725. The number of nitrogens with one attached hydrogen (secondary N) is 1. The van der Waals surface area contributed by atoms with Crippen LogP contribution in [0.25, 0.3) is 6.08 Å². The Morgan fingerprint density at radius 1 is 1.33 bits per heavy atom. The van der Waals surface area contributed by atoms with Crippen molar-refractivity contribution in [3.8, 4) is 0 Å². The van der Waals surface area contributed by atoms with Crippen LogP contribution in [0.3, 0.4) is 0 Å². The van der Waals surface area contributed by atoms with E-state index in [1.807, 2.05) is 35.0 Å². The number of rotatable bonds is 3. The molecule has 2 heterocycles. The van der Waals surface area contributed by atoms with Crippen LogP contribution in [0.15, 0.2) is 46.8 Å². The molecule has 21 heavy (non-hydrogen) atoms. The Kier molecular flexibility index (Phi) is 4.05. The molecule has 0 atom stereocenters. The number of thiocarbonyl (C=S) groups is 1. The Morgan fingerprint density at radius 3 is 2.86 bits per heavy atom. The number of hydrogen-bond acceptors (Lipinski definition) is 3. The Labute approximate surface area is 136 Å². The smallest absolute Gasteiger partial charge is 0.276 e. The van der Waals surface area contributed by atoms with E-state index < -0.39 is 0 Å². The second kappa shape index (κ2) is 5.97. The molecule has 0 bridgehead atoms. The topological polar surface area (TPSA) is 32.3 Å². The molecule has 6 heteroatoms. The average molecular weight is 335 g/mol. The third kappa shape index (κ3) is 3.00. The highest BCUT2D eigenvalue weighted by Gasteiger charge is 2.30. The van der Waals surface area contributed by atoms with E-state index in [2.05, 4.69) is 5.32 Å². The monoisotopic (exact) mass is 334 g/mol. The van der Waals surface area contributed by atoms with Crippen molar-refractivity contribution in [2.45, 2.75) is 6.54 Å². The van der Waals surface area contributed by atoms with Gasteiger partial charge in [-0.1, -0.05) is 29.8 Å². The van der Waals surface area contributed by atoms with Crippen molar-refractivity contribution >= 4 is 52.3 Å². The molecule has 1 fully saturated rings. The maximum Gasteiger partial charge on any atom is 0.276 e. The summed E-state index contributed by atoms with van der Waals surface area (Å²) in [4.78, 5) is 13.9. The van der Waals surface area contributed by atoms with E-state index in [9.17, 15) is 4.79 Å². The summed E-state index contributed by atoms with van der Waals surface area (Å²) in [5.74, 6) is -0.133. The minimum Gasteiger partial charge on any atom is -0.328 e. The predicted octanol–water partition coefficient (Wildman–Crippen LogP) is 3.66. The van der Waals surface area contributed by atoms with Crippen molar-refractivity contribution in [2.24, 2.45) is 0 Å². The van der Waals surface area contributed by atoms with Crippen LogP contribution in [-0.2, 0) is 11.3 Å². The summed E-state index contributed by atoms with van der Waals surface area (Å²) in [6.07, 6.45) is 1.80. The summed E-state index contributed by atoms with van der Waals surface area (Å²) in [5, 5.41) is 7.93. The SMILES string of the molecule is O=C1/C(=C\c2ccsc2)NC(=S)N1Cc1ccccc1Cl. The molecule has 0 spiro atoms. The number of benzene rings is 1. The number of carbonyl (C=O) groups is 1. The Morgan fingerprint density at radius 2 is 2.14 bits per heavy atom. The predicted molar refractivity (Wildman–Crippen MR) is 90.0 cm³/mol. The van der Waals surface area contributed by atoms with Gasteiger partial charge in [-0.2, -0.15) is 11.3 Å². The number of amides is 1. The zero-order valence-electron chi connectivity index (χ0n) is 10.9. The lowest BCUT2D eigenvalue weighted by Gasteiger charge is -2.14. The van der Waals surface area contributed by atoms with Crippen molar-refractivity contribution < 1.29 is 4.79 Å². The van der Waals surface area contributed by atoms with Crippen LogP contribution in [0.4, 0.5) is 0 Å². The molecule has 1 aromatic carbocycles. The molecule has 3 nitrogen and oxygen atoms in total. The molecule has 0 unspecified atom stereocenters. The molecule has 0 radical (unpaired) electrons. The van der Waals surface area contributed by atoms with Crippen molar-refractivity contribution in [1.29, 1.82) is 0 Å². The van der Waals surface area contributed by atoms with Crippen LogP contribution in [0.1, 0.15) is 11.1 Å². The van der Waals surface area contributed by atoms with E-state index in [0.717, 1.165) is 11.1 Å². The Balaban J connectivity index is 1.83. The average Bonchev–Trinajstić information content (AvgIpc) is 3.05. The van der Waals surface area contributed by atoms with Gasteiger partial charge in [0.2, 0.25) is 0 Å². The van der Waals surface area contributed by atoms with Gasteiger partial charge in [-0.3, -0.25) is 9.69 Å². The number of thiophene rings is 1. The van der Waals surface area contributed by atoms with Crippen molar-refractivity contribution in [2.75, 3.05) is 0 Å². The second-order valence-corrected chi connectivity index (χ2v) is 6.10. The minimum absolute atomic E-state index is 0.133. The van der Waals surface area contributed by atoms with Gasteiger partial charge in [0.15, 0.2) is 5.11 Å². The van der Waals surface area contributed by atoms with E-state index in [0.29, 0.717) is 22.4 Å². The van der Waals surface area contributed by atoms with Crippen LogP contribution in [0.2, 0.25) is 5.02 Å². The first-order chi connectivity index (χ1) is 10.1. The van der Waals surface area contributed by atoms with Gasteiger partial charge in [0.05, 0.1) is 6.54 Å². The van der Waals surface area contributed by atoms with Crippen molar-refractivity contribution in [3.05, 3.63) is 62.9 Å². The molecule has 1 aliphatic rings. The number of carbonyl (C=O) groups excluding carboxylic acids is 1. The van der Waals surface area contributed by atoms with E-state index in [1.165, 1.54) is 4.90 Å². The molecular weight excluding hydrogens is 324 g/mol. The molecule has 0 aliphatic carbocycles. The zero-order valence-corrected chi connectivity index (χ0v) is 13.3. The number of halogens is 1. The fourth-order valence-corrected chi connectivity index (χ4v) is 3.11. The first-order valence-corrected chi connectivity index (χ1v) is 7.98. The van der Waals surface area contributed by atoms with E-state index in [1.54, 1.807) is 23.5 Å². The summed E-state index contributed by atoms with van der Waals surface area (Å²) in [6, 6.07) is 9.39. The van der Waals surface area contributed by atoms with Gasteiger partial charge in [0, 0.05) is 5.02 Å². The van der Waals surface area contributed by atoms with E-state index in [-0.39, 0.29) is 5.91 Å². The molecule has 1 aromatic heterocycles. The van der Waals surface area contributed by atoms with Crippen LogP contribution in [-0.4, -0.2) is 15.9 Å². The van der Waals surface area contributed by atoms with Crippen LogP contribution in [0, 0.1) is 0 Å². The van der Waals surface area contributed by atoms with Gasteiger partial charge in [-0.25, -0.2) is 0 Å². The summed E-state index contributed by atoms with van der Waals surface area (Å²) >= 11 is 13.0. The molecule has 2 aromatic rings. The number of nitrogens with zero attached hydrogens (tertiary/aromatic N) is 1. The number of hydrogen-bond donors (Lipinski definition) is 1. The van der Waals surface area contributed by atoms with Gasteiger partial charge < -0.3 is 5.32 Å². The van der Waals surface area contributed by atoms with Gasteiger partial charge in [0.1, 0.15) is 5.70 Å². The lowest BCUT2D eigenvalue weighted by molar-refractivity contribution is -0.122. The summed E-state index contributed by atoms with van der Waals surface area (Å²) in [5.41, 5.74) is 2.34. The third-order valence-corrected chi connectivity index (χ3v) is 4.50. The van der Waals surface area contributed by atoms with Crippen molar-refractivity contribution in [3.63, 3.8) is 0 Å². The third-order valence-electron chi connectivity index (χ3n) is 3.10. The minimum atomic E-state index is -0.133. The summed E-state index contributed by atoms with van der Waals surface area (Å²) < 4.78 is 0. The van der Waals surface area contributed by atoms with Crippen LogP contribution < -0.4 is 5.32 Å². The molecule has 1 aliphatic heterocycles. The van der Waals surface area contributed by atoms with Crippen molar-refractivity contribution in [1.82, 2.24) is 10.2 Å². The maximum absolute atomic E-state index is 12.4. The Hall–Kier alpha value is -1.69. The highest BCUT2D eigenvalue weighted by molar-refractivity contribution is 7.80. The summed E-state index contributed by atoms with van der Waals surface area (Å²) in [6.45, 7) is 0.366. The summed E-state index contributed by atoms with van der Waals surface area (Å²) in [7, 11) is 0. The first kappa shape index (κ1) is 14.3. The molecule has 1 N–H and O–H groups in total. The lowest BCUT2D eigenvalue weighted by atomic mass is 10.2. The normalized spacial score (nSPS) is 16.6. The molecule has 3 rings (SSSR count). The maximum atomic E-state index is 12.4. The lowest BCUT2D eigenvalue weighted by Crippen LogP contribution is -2.30. The highest BCUT2D eigenvalue weighted by atomic mass is 35.5. The standard InChI is InChI=1S/C15H11ClN2OS2/c16-12-4-2-1-3-11(12)8-18-14(19)13(17-15(18)20)7-10-5-6-21-9-10/h1-7,9H,8H2,(H,17,20)/b13-7+. The van der Waals surface area contributed by atoms with Crippen LogP contribution in [0.5, 0.6) is 0 Å². The quantitative estimate of drug-likeness (QED) is 0.686. The molecular formula is C15H11ClN2OS2. The largest absolute Gasteiger partial charge is 0.328 e. The van der Waals surface area contributed by atoms with E-state index in [4.69, 9.17) is 23.8 Å². The highest BCUT2D eigenvalue weighted by Crippen LogP contribution is 2.21. The zero-order chi connectivity index (χ0) is 14.8. The van der Waals surface area contributed by atoms with Gasteiger partial charge in [-0.15, -0.1) is 0 Å². The fourth-order valence-electron chi connectivity index (χ4n) is 2.04. The molecule has 106 valence electrons. The van der Waals surface area contributed by atoms with Gasteiger partial charge in [0.25, 0.3) is 5.91 Å². The molecule has 0 saturated carbocycles.